The summed E-state index contributed by atoms with van der Waals surface area (Å²) in [7, 11) is 0. The van der Waals surface area contributed by atoms with Crippen LogP contribution in [0.5, 0.6) is 0 Å². The summed E-state index contributed by atoms with van der Waals surface area (Å²) < 4.78 is 2.15. The minimum atomic E-state index is -0.146. The number of benzene rings is 2. The fraction of sp³-hybridized carbons (Fsp3) is 0.286. The van der Waals surface area contributed by atoms with Crippen LogP contribution >= 0.6 is 11.6 Å². The number of rotatable bonds is 3. The van der Waals surface area contributed by atoms with Crippen molar-refractivity contribution in [1.29, 1.82) is 0 Å². The number of anilines is 1. The number of aryl methyl sites for hydroxylation is 2. The van der Waals surface area contributed by atoms with Gasteiger partial charge in [-0.25, -0.2) is 0 Å². The molecule has 4 rings (SSSR count). The van der Waals surface area contributed by atoms with Crippen molar-refractivity contribution in [3.05, 3.63) is 64.4 Å². The van der Waals surface area contributed by atoms with Crippen LogP contribution in [0.25, 0.3) is 11.4 Å². The highest BCUT2D eigenvalue weighted by atomic mass is 35.5. The molecule has 0 bridgehead atoms. The summed E-state index contributed by atoms with van der Waals surface area (Å²) >= 11 is 6.45. The summed E-state index contributed by atoms with van der Waals surface area (Å²) in [4.78, 5) is 12.5. The molecule has 0 aliphatic carbocycles. The van der Waals surface area contributed by atoms with Crippen molar-refractivity contribution in [3.63, 3.8) is 0 Å². The summed E-state index contributed by atoms with van der Waals surface area (Å²) in [6.45, 7) is 2.86. The number of nitrogens with one attached hydrogen (secondary N) is 1. The predicted octanol–water partition coefficient (Wildman–Crippen LogP) is 4.89. The third-order valence-corrected chi connectivity index (χ3v) is 5.18. The lowest BCUT2D eigenvalue weighted by Crippen LogP contribution is -2.12. The summed E-state index contributed by atoms with van der Waals surface area (Å²) in [5.74, 6) is 1.63. The van der Waals surface area contributed by atoms with E-state index in [1.165, 1.54) is 6.42 Å². The highest BCUT2D eigenvalue weighted by Crippen LogP contribution is 2.31. The van der Waals surface area contributed by atoms with Gasteiger partial charge in [0.25, 0.3) is 5.91 Å². The second-order valence-electron chi connectivity index (χ2n) is 6.92. The molecule has 138 valence electrons. The van der Waals surface area contributed by atoms with Crippen LogP contribution in [0.4, 0.5) is 5.69 Å². The Bertz CT molecular complexity index is 996. The third-order valence-electron chi connectivity index (χ3n) is 4.85. The van der Waals surface area contributed by atoms with Crippen LogP contribution in [0.3, 0.4) is 0 Å². The molecule has 27 heavy (non-hydrogen) atoms. The summed E-state index contributed by atoms with van der Waals surface area (Å²) in [5, 5.41) is 12.3. The number of carbonyl (C=O) groups excluding carboxylic acids is 1. The Morgan fingerprint density at radius 2 is 2.00 bits per heavy atom. The first-order valence-electron chi connectivity index (χ1n) is 9.22. The molecular weight excluding hydrogens is 360 g/mol. The first kappa shape index (κ1) is 17.7. The van der Waals surface area contributed by atoms with E-state index in [9.17, 15) is 4.79 Å². The highest BCUT2D eigenvalue weighted by Gasteiger charge is 2.18. The lowest BCUT2D eigenvalue weighted by atomic mass is 10.1. The fourth-order valence-corrected chi connectivity index (χ4v) is 3.65. The lowest BCUT2D eigenvalue weighted by Gasteiger charge is -2.11. The van der Waals surface area contributed by atoms with Crippen molar-refractivity contribution >= 4 is 23.2 Å². The van der Waals surface area contributed by atoms with Crippen molar-refractivity contribution in [2.45, 2.75) is 39.2 Å². The molecule has 3 aromatic rings. The van der Waals surface area contributed by atoms with Gasteiger partial charge in [0.05, 0.1) is 5.02 Å². The molecule has 6 heteroatoms. The minimum Gasteiger partial charge on any atom is -0.322 e. The Balaban J connectivity index is 1.64. The van der Waals surface area contributed by atoms with Gasteiger partial charge < -0.3 is 9.88 Å². The molecule has 1 N–H and O–H groups in total. The molecular formula is C21H21ClN4O. The summed E-state index contributed by atoms with van der Waals surface area (Å²) in [6.07, 6.45) is 4.38. The Kier molecular flexibility index (Phi) is 4.94. The number of aromatic nitrogens is 3. The van der Waals surface area contributed by atoms with Crippen molar-refractivity contribution in [2.24, 2.45) is 0 Å². The Morgan fingerprint density at radius 3 is 2.85 bits per heavy atom. The molecule has 0 saturated carbocycles. The van der Waals surface area contributed by atoms with Crippen LogP contribution in [0.15, 0.2) is 42.5 Å². The van der Waals surface area contributed by atoms with Crippen molar-refractivity contribution in [2.75, 3.05) is 5.32 Å². The van der Waals surface area contributed by atoms with E-state index in [1.807, 2.05) is 31.2 Å². The molecule has 1 aliphatic rings. The predicted molar refractivity (Wildman–Crippen MR) is 107 cm³/mol. The van der Waals surface area contributed by atoms with Crippen molar-refractivity contribution < 1.29 is 4.79 Å². The molecule has 2 aromatic carbocycles. The maximum atomic E-state index is 12.5. The van der Waals surface area contributed by atoms with Crippen LogP contribution < -0.4 is 5.32 Å². The molecule has 0 spiro atoms. The Morgan fingerprint density at radius 1 is 1.11 bits per heavy atom. The maximum absolute atomic E-state index is 12.5. The topological polar surface area (TPSA) is 59.8 Å². The van der Waals surface area contributed by atoms with E-state index in [-0.39, 0.29) is 5.91 Å². The van der Waals surface area contributed by atoms with Gasteiger partial charge in [-0.1, -0.05) is 35.7 Å². The van der Waals surface area contributed by atoms with Gasteiger partial charge in [0.1, 0.15) is 5.82 Å². The third kappa shape index (κ3) is 3.74. The average Bonchev–Trinajstić information content (AvgIpc) is 2.91. The summed E-state index contributed by atoms with van der Waals surface area (Å²) in [6, 6.07) is 13.0. The van der Waals surface area contributed by atoms with Crippen molar-refractivity contribution in [3.8, 4) is 11.4 Å². The van der Waals surface area contributed by atoms with Gasteiger partial charge in [-0.3, -0.25) is 4.79 Å². The second kappa shape index (κ2) is 7.53. The Labute approximate surface area is 163 Å². The van der Waals surface area contributed by atoms with E-state index >= 15 is 0 Å². The number of fused-ring (bicyclic) bond motifs is 1. The molecule has 0 atom stereocenters. The largest absolute Gasteiger partial charge is 0.322 e. The number of hydrogen-bond acceptors (Lipinski definition) is 3. The fourth-order valence-electron chi connectivity index (χ4n) is 3.45. The van der Waals surface area contributed by atoms with Crippen LogP contribution in [0.2, 0.25) is 5.02 Å². The number of carbonyl (C=O) groups is 1. The van der Waals surface area contributed by atoms with E-state index in [0.717, 1.165) is 48.6 Å². The molecule has 1 aliphatic heterocycles. The number of hydrogen-bond donors (Lipinski definition) is 1. The van der Waals surface area contributed by atoms with Gasteiger partial charge in [-0.15, -0.1) is 10.2 Å². The quantitative estimate of drug-likeness (QED) is 0.704. The first-order chi connectivity index (χ1) is 13.1. The molecule has 0 saturated heterocycles. The maximum Gasteiger partial charge on any atom is 0.255 e. The zero-order valence-electron chi connectivity index (χ0n) is 15.2. The first-order valence-corrected chi connectivity index (χ1v) is 9.59. The number of halogens is 1. The van der Waals surface area contributed by atoms with E-state index < -0.39 is 0 Å². The zero-order valence-corrected chi connectivity index (χ0v) is 16.0. The van der Waals surface area contributed by atoms with E-state index in [4.69, 9.17) is 11.6 Å². The smallest absolute Gasteiger partial charge is 0.255 e. The molecule has 0 unspecified atom stereocenters. The number of nitrogens with zero attached hydrogens (tertiary/aromatic N) is 3. The van der Waals surface area contributed by atoms with E-state index in [1.54, 1.807) is 18.2 Å². The van der Waals surface area contributed by atoms with E-state index in [0.29, 0.717) is 16.3 Å². The normalized spacial score (nSPS) is 13.7. The molecule has 1 aromatic heterocycles. The van der Waals surface area contributed by atoms with Gasteiger partial charge in [-0.05, 0) is 50.1 Å². The van der Waals surface area contributed by atoms with Gasteiger partial charge in [0, 0.05) is 29.8 Å². The van der Waals surface area contributed by atoms with E-state index in [2.05, 4.69) is 20.1 Å². The Hall–Kier alpha value is -2.66. The number of amides is 1. The summed E-state index contributed by atoms with van der Waals surface area (Å²) in [5.41, 5.74) is 3.15. The zero-order chi connectivity index (χ0) is 18.8. The monoisotopic (exact) mass is 380 g/mol. The lowest BCUT2D eigenvalue weighted by molar-refractivity contribution is 0.102. The molecule has 0 radical (unpaired) electrons. The van der Waals surface area contributed by atoms with Crippen molar-refractivity contribution in [1.82, 2.24) is 14.8 Å². The molecule has 5 nitrogen and oxygen atoms in total. The standard InChI is InChI=1S/C21H21ClN4O/c1-14-6-5-7-15(12-14)21(27)23-16-9-10-18(22)17(13-16)20-25-24-19-8-3-2-4-11-26(19)20/h5-7,9-10,12-13H,2-4,8,11H2,1H3,(H,23,27). The molecule has 1 amide bonds. The van der Waals surface area contributed by atoms with Gasteiger partial charge in [0.15, 0.2) is 5.82 Å². The van der Waals surface area contributed by atoms with Crippen LogP contribution in [-0.4, -0.2) is 20.7 Å². The second-order valence-corrected chi connectivity index (χ2v) is 7.33. The van der Waals surface area contributed by atoms with Crippen LogP contribution in [0.1, 0.15) is 41.0 Å². The van der Waals surface area contributed by atoms with Gasteiger partial charge in [0.2, 0.25) is 0 Å². The average molecular weight is 381 g/mol. The highest BCUT2D eigenvalue weighted by molar-refractivity contribution is 6.33. The van der Waals surface area contributed by atoms with Crippen LogP contribution in [-0.2, 0) is 13.0 Å². The molecule has 0 fully saturated rings. The SMILES string of the molecule is Cc1cccc(C(=O)Nc2ccc(Cl)c(-c3nnc4n3CCCCC4)c2)c1. The van der Waals surface area contributed by atoms with Gasteiger partial charge >= 0.3 is 0 Å². The minimum absolute atomic E-state index is 0.146. The van der Waals surface area contributed by atoms with Gasteiger partial charge in [-0.2, -0.15) is 0 Å². The van der Waals surface area contributed by atoms with Crippen LogP contribution in [0, 0.1) is 6.92 Å². The molecule has 2 heterocycles.